The number of fused-ring (bicyclic) bond motifs is 1. The number of rotatable bonds is 1. The monoisotopic (exact) mass is 366 g/mol. The van der Waals surface area contributed by atoms with Crippen molar-refractivity contribution in [3.8, 4) is 0 Å². The average Bonchev–Trinajstić information content (AvgIpc) is 2.86. The lowest BCUT2D eigenvalue weighted by Gasteiger charge is -2.34. The molecule has 3 rings (SSSR count). The summed E-state index contributed by atoms with van der Waals surface area (Å²) >= 11 is 0. The SMILES string of the molecule is CC(C)(C)OC(=O)N1CCS(=O)(=O)C(c2ccc3c(c2)CNC3=O)C1. The molecule has 1 unspecified atom stereocenters. The number of amides is 2. The van der Waals surface area contributed by atoms with Crippen LogP contribution in [0.3, 0.4) is 0 Å². The van der Waals surface area contributed by atoms with Crippen LogP contribution in [0.25, 0.3) is 0 Å². The molecule has 2 aliphatic rings. The summed E-state index contributed by atoms with van der Waals surface area (Å²) in [7, 11) is -3.37. The number of nitrogens with one attached hydrogen (secondary N) is 1. The molecule has 0 saturated carbocycles. The number of nitrogens with zero attached hydrogens (tertiary/aromatic N) is 1. The van der Waals surface area contributed by atoms with Crippen molar-refractivity contribution in [1.82, 2.24) is 10.2 Å². The van der Waals surface area contributed by atoms with E-state index in [0.717, 1.165) is 5.56 Å². The molecule has 136 valence electrons. The fourth-order valence-corrected chi connectivity index (χ4v) is 4.77. The first-order valence-corrected chi connectivity index (χ1v) is 9.89. The number of sulfone groups is 1. The minimum absolute atomic E-state index is 0.0530. The molecule has 1 aromatic rings. The molecule has 0 radical (unpaired) electrons. The van der Waals surface area contributed by atoms with E-state index in [-0.39, 0.29) is 24.7 Å². The highest BCUT2D eigenvalue weighted by Crippen LogP contribution is 2.31. The lowest BCUT2D eigenvalue weighted by Crippen LogP contribution is -2.47. The maximum atomic E-state index is 12.5. The van der Waals surface area contributed by atoms with Crippen molar-refractivity contribution in [2.24, 2.45) is 0 Å². The minimum atomic E-state index is -3.37. The molecule has 1 N–H and O–H groups in total. The van der Waals surface area contributed by atoms with Gasteiger partial charge in [-0.2, -0.15) is 0 Å². The van der Waals surface area contributed by atoms with Gasteiger partial charge in [0.15, 0.2) is 9.84 Å². The molecule has 8 heteroatoms. The fraction of sp³-hybridized carbons (Fsp3) is 0.529. The van der Waals surface area contributed by atoms with Crippen molar-refractivity contribution in [2.45, 2.75) is 38.2 Å². The molecule has 0 bridgehead atoms. The highest BCUT2D eigenvalue weighted by Gasteiger charge is 2.38. The molecular formula is C17H22N2O5S. The zero-order valence-corrected chi connectivity index (χ0v) is 15.4. The van der Waals surface area contributed by atoms with Gasteiger partial charge in [0.25, 0.3) is 5.91 Å². The first-order valence-electron chi connectivity index (χ1n) is 8.17. The van der Waals surface area contributed by atoms with E-state index in [0.29, 0.717) is 17.7 Å². The molecule has 0 spiro atoms. The molecule has 0 aromatic heterocycles. The van der Waals surface area contributed by atoms with Gasteiger partial charge in [-0.3, -0.25) is 4.79 Å². The van der Waals surface area contributed by atoms with E-state index in [1.54, 1.807) is 39.0 Å². The van der Waals surface area contributed by atoms with E-state index in [2.05, 4.69) is 5.32 Å². The Morgan fingerprint density at radius 2 is 2.04 bits per heavy atom. The smallest absolute Gasteiger partial charge is 0.410 e. The van der Waals surface area contributed by atoms with Crippen LogP contribution in [-0.2, 0) is 21.1 Å². The Morgan fingerprint density at radius 3 is 2.72 bits per heavy atom. The molecule has 1 aromatic carbocycles. The maximum Gasteiger partial charge on any atom is 0.410 e. The third kappa shape index (κ3) is 3.63. The maximum absolute atomic E-state index is 12.5. The Labute approximate surface area is 147 Å². The zero-order valence-electron chi connectivity index (χ0n) is 14.5. The van der Waals surface area contributed by atoms with Crippen LogP contribution in [-0.4, -0.2) is 49.8 Å². The zero-order chi connectivity index (χ0) is 18.4. The van der Waals surface area contributed by atoms with Crippen molar-refractivity contribution in [2.75, 3.05) is 18.8 Å². The molecule has 2 amide bonds. The molecular weight excluding hydrogens is 344 g/mol. The van der Waals surface area contributed by atoms with E-state index in [1.807, 2.05) is 0 Å². The van der Waals surface area contributed by atoms with Crippen LogP contribution in [0, 0.1) is 0 Å². The van der Waals surface area contributed by atoms with E-state index >= 15 is 0 Å². The van der Waals surface area contributed by atoms with Gasteiger partial charge in [0.05, 0.1) is 5.75 Å². The summed E-state index contributed by atoms with van der Waals surface area (Å²) in [6, 6.07) is 5.05. The fourth-order valence-electron chi connectivity index (χ4n) is 3.04. The summed E-state index contributed by atoms with van der Waals surface area (Å²) in [5.41, 5.74) is 1.32. The first-order chi connectivity index (χ1) is 11.6. The highest BCUT2D eigenvalue weighted by molar-refractivity contribution is 7.91. The topological polar surface area (TPSA) is 92.8 Å². The van der Waals surface area contributed by atoms with Crippen LogP contribution in [0.5, 0.6) is 0 Å². The van der Waals surface area contributed by atoms with Crippen LogP contribution in [0.1, 0.15) is 47.5 Å². The molecule has 2 heterocycles. The van der Waals surface area contributed by atoms with Crippen LogP contribution >= 0.6 is 0 Å². The molecule has 1 fully saturated rings. The van der Waals surface area contributed by atoms with E-state index in [4.69, 9.17) is 4.74 Å². The number of carbonyl (C=O) groups is 2. The molecule has 0 aliphatic carbocycles. The van der Waals surface area contributed by atoms with Crippen LogP contribution in [0.15, 0.2) is 18.2 Å². The Balaban J connectivity index is 1.86. The van der Waals surface area contributed by atoms with Gasteiger partial charge < -0.3 is 15.0 Å². The second-order valence-corrected chi connectivity index (χ2v) is 9.68. The summed E-state index contributed by atoms with van der Waals surface area (Å²) in [4.78, 5) is 25.4. The molecule has 1 saturated heterocycles. The van der Waals surface area contributed by atoms with Crippen molar-refractivity contribution in [1.29, 1.82) is 0 Å². The Hall–Kier alpha value is -2.09. The van der Waals surface area contributed by atoms with Crippen LogP contribution in [0.4, 0.5) is 4.79 Å². The standard InChI is InChI=1S/C17H22N2O5S/c1-17(2,3)24-16(21)19-6-7-25(22,23)14(10-19)11-4-5-13-12(8-11)9-18-15(13)20/h4-5,8,14H,6-7,9-10H2,1-3H3,(H,18,20). The summed E-state index contributed by atoms with van der Waals surface area (Å²) < 4.78 is 30.4. The summed E-state index contributed by atoms with van der Waals surface area (Å²) in [5.74, 6) is -0.256. The Morgan fingerprint density at radius 1 is 1.32 bits per heavy atom. The van der Waals surface area contributed by atoms with Gasteiger partial charge in [0, 0.05) is 25.2 Å². The van der Waals surface area contributed by atoms with E-state index in [1.165, 1.54) is 4.90 Å². The van der Waals surface area contributed by atoms with E-state index in [9.17, 15) is 18.0 Å². The van der Waals surface area contributed by atoms with Gasteiger partial charge >= 0.3 is 6.09 Å². The number of ether oxygens (including phenoxy) is 1. The largest absolute Gasteiger partial charge is 0.444 e. The predicted molar refractivity (Wildman–Crippen MR) is 91.9 cm³/mol. The first kappa shape index (κ1) is 17.7. The number of hydrogen-bond donors (Lipinski definition) is 1. The van der Waals surface area contributed by atoms with Gasteiger partial charge in [-0.1, -0.05) is 12.1 Å². The van der Waals surface area contributed by atoms with Gasteiger partial charge in [-0.15, -0.1) is 0 Å². The third-order valence-corrected chi connectivity index (χ3v) is 6.34. The number of benzene rings is 1. The number of hydrogen-bond acceptors (Lipinski definition) is 5. The van der Waals surface area contributed by atoms with Crippen molar-refractivity contribution in [3.05, 3.63) is 34.9 Å². The predicted octanol–water partition coefficient (Wildman–Crippen LogP) is 1.64. The second-order valence-electron chi connectivity index (χ2n) is 7.38. The van der Waals surface area contributed by atoms with Gasteiger partial charge in [-0.25, -0.2) is 13.2 Å². The van der Waals surface area contributed by atoms with Gasteiger partial charge in [0.2, 0.25) is 0 Å². The Kier molecular flexibility index (Phi) is 4.26. The molecule has 25 heavy (non-hydrogen) atoms. The lowest BCUT2D eigenvalue weighted by atomic mass is 10.0. The quantitative estimate of drug-likeness (QED) is 0.816. The molecule has 2 aliphatic heterocycles. The van der Waals surface area contributed by atoms with Gasteiger partial charge in [0.1, 0.15) is 10.9 Å². The lowest BCUT2D eigenvalue weighted by molar-refractivity contribution is 0.0253. The highest BCUT2D eigenvalue weighted by atomic mass is 32.2. The van der Waals surface area contributed by atoms with Gasteiger partial charge in [-0.05, 0) is 38.0 Å². The summed E-state index contributed by atoms with van der Waals surface area (Å²) in [6.45, 7) is 5.88. The summed E-state index contributed by atoms with van der Waals surface area (Å²) in [6.07, 6.45) is -0.509. The number of carbonyl (C=O) groups excluding carboxylic acids is 2. The summed E-state index contributed by atoms with van der Waals surface area (Å²) in [5, 5.41) is 1.91. The Bertz CT molecular complexity index is 826. The van der Waals surface area contributed by atoms with Crippen LogP contribution in [0.2, 0.25) is 0 Å². The van der Waals surface area contributed by atoms with Crippen molar-refractivity contribution >= 4 is 21.8 Å². The normalized spacial score (nSPS) is 22.3. The average molecular weight is 366 g/mol. The third-order valence-electron chi connectivity index (χ3n) is 4.30. The van der Waals surface area contributed by atoms with Crippen LogP contribution < -0.4 is 5.32 Å². The van der Waals surface area contributed by atoms with Crippen molar-refractivity contribution in [3.63, 3.8) is 0 Å². The second kappa shape index (κ2) is 6.01. The molecule has 7 nitrogen and oxygen atoms in total. The minimum Gasteiger partial charge on any atom is -0.444 e. The van der Waals surface area contributed by atoms with E-state index < -0.39 is 26.8 Å². The molecule has 1 atom stereocenters. The van der Waals surface area contributed by atoms with Crippen molar-refractivity contribution < 1.29 is 22.7 Å².